The zero-order chi connectivity index (χ0) is 12.4. The van der Waals surface area contributed by atoms with Crippen molar-refractivity contribution >= 4 is 5.69 Å². The number of hydrogen-bond donors (Lipinski definition) is 1. The van der Waals surface area contributed by atoms with Crippen LogP contribution in [-0.4, -0.2) is 31.1 Å². The summed E-state index contributed by atoms with van der Waals surface area (Å²) in [6.45, 7) is 7.22. The Kier molecular flexibility index (Phi) is 3.55. The molecule has 1 unspecified atom stereocenters. The van der Waals surface area contributed by atoms with E-state index in [0.717, 1.165) is 18.4 Å². The molecule has 1 aromatic rings. The summed E-state index contributed by atoms with van der Waals surface area (Å²) in [5.41, 5.74) is 2.84. The van der Waals surface area contributed by atoms with Crippen molar-refractivity contribution in [3.8, 4) is 0 Å². The lowest BCUT2D eigenvalue weighted by molar-refractivity contribution is 0.234. The molecule has 0 radical (unpaired) electrons. The monoisotopic (exact) mass is 244 g/mol. The van der Waals surface area contributed by atoms with Gasteiger partial charge in [0.2, 0.25) is 0 Å². The predicted octanol–water partition coefficient (Wildman–Crippen LogP) is 3.00. The summed E-state index contributed by atoms with van der Waals surface area (Å²) < 4.78 is 0. The molecular formula is C16H24N2. The largest absolute Gasteiger partial charge is 0.384 e. The van der Waals surface area contributed by atoms with Gasteiger partial charge in [-0.2, -0.15) is 0 Å². The first-order valence-corrected chi connectivity index (χ1v) is 7.39. The molecule has 0 amide bonds. The van der Waals surface area contributed by atoms with Crippen LogP contribution in [0.3, 0.4) is 0 Å². The third-order valence-electron chi connectivity index (χ3n) is 4.28. The molecule has 0 aromatic heterocycles. The SMILES string of the molecule is CCN(CC1CC1)CC1CNc2ccccc2C1. The highest BCUT2D eigenvalue weighted by Gasteiger charge is 2.26. The molecule has 3 rings (SSSR count). The predicted molar refractivity (Wildman–Crippen MR) is 77.0 cm³/mol. The minimum atomic E-state index is 0.776. The van der Waals surface area contributed by atoms with Crippen LogP contribution in [0, 0.1) is 11.8 Å². The van der Waals surface area contributed by atoms with Crippen LogP contribution < -0.4 is 5.32 Å². The van der Waals surface area contributed by atoms with Crippen molar-refractivity contribution in [2.75, 3.05) is 31.5 Å². The van der Waals surface area contributed by atoms with E-state index in [4.69, 9.17) is 0 Å². The van der Waals surface area contributed by atoms with Crippen molar-refractivity contribution in [3.05, 3.63) is 29.8 Å². The molecule has 1 saturated carbocycles. The molecule has 1 aliphatic carbocycles. The van der Waals surface area contributed by atoms with Crippen molar-refractivity contribution in [1.29, 1.82) is 0 Å². The van der Waals surface area contributed by atoms with E-state index in [9.17, 15) is 0 Å². The molecule has 2 nitrogen and oxygen atoms in total. The fourth-order valence-electron chi connectivity index (χ4n) is 3.00. The Hall–Kier alpha value is -1.02. The second kappa shape index (κ2) is 5.31. The van der Waals surface area contributed by atoms with Crippen molar-refractivity contribution in [1.82, 2.24) is 4.90 Å². The van der Waals surface area contributed by atoms with Crippen LogP contribution in [0.5, 0.6) is 0 Å². The smallest absolute Gasteiger partial charge is 0.0372 e. The zero-order valence-corrected chi connectivity index (χ0v) is 11.4. The van der Waals surface area contributed by atoms with E-state index in [1.54, 1.807) is 0 Å². The number of hydrogen-bond acceptors (Lipinski definition) is 2. The Balaban J connectivity index is 1.57. The summed E-state index contributed by atoms with van der Waals surface area (Å²) in [4.78, 5) is 2.65. The molecule has 0 spiro atoms. The molecule has 1 heterocycles. The maximum absolute atomic E-state index is 3.58. The second-order valence-corrected chi connectivity index (χ2v) is 5.90. The van der Waals surface area contributed by atoms with Crippen LogP contribution in [-0.2, 0) is 6.42 Å². The summed E-state index contributed by atoms with van der Waals surface area (Å²) in [5, 5.41) is 3.58. The molecule has 2 aliphatic rings. The lowest BCUT2D eigenvalue weighted by Crippen LogP contribution is -2.36. The average Bonchev–Trinajstić information content (AvgIpc) is 3.22. The van der Waals surface area contributed by atoms with Gasteiger partial charge in [-0.05, 0) is 49.3 Å². The minimum Gasteiger partial charge on any atom is -0.384 e. The van der Waals surface area contributed by atoms with Gasteiger partial charge in [0.15, 0.2) is 0 Å². The summed E-state index contributed by atoms with van der Waals surface area (Å²) in [5.74, 6) is 1.78. The topological polar surface area (TPSA) is 15.3 Å². The first-order chi connectivity index (χ1) is 8.85. The number of rotatable bonds is 5. The fraction of sp³-hybridized carbons (Fsp3) is 0.625. The number of nitrogens with one attached hydrogen (secondary N) is 1. The second-order valence-electron chi connectivity index (χ2n) is 5.90. The lowest BCUT2D eigenvalue weighted by atomic mass is 9.93. The van der Waals surface area contributed by atoms with E-state index in [2.05, 4.69) is 41.4 Å². The van der Waals surface area contributed by atoms with Gasteiger partial charge >= 0.3 is 0 Å². The van der Waals surface area contributed by atoms with Crippen LogP contribution in [0.2, 0.25) is 0 Å². The number of benzene rings is 1. The van der Waals surface area contributed by atoms with Gasteiger partial charge in [0.25, 0.3) is 0 Å². The Morgan fingerprint density at radius 3 is 2.72 bits per heavy atom. The molecule has 98 valence electrons. The van der Waals surface area contributed by atoms with Gasteiger partial charge < -0.3 is 10.2 Å². The van der Waals surface area contributed by atoms with Gasteiger partial charge in [0, 0.05) is 25.3 Å². The molecule has 1 aliphatic heterocycles. The number of fused-ring (bicyclic) bond motifs is 1. The molecule has 1 fully saturated rings. The fourth-order valence-corrected chi connectivity index (χ4v) is 3.00. The maximum atomic E-state index is 3.58. The zero-order valence-electron chi connectivity index (χ0n) is 11.4. The highest BCUT2D eigenvalue weighted by molar-refractivity contribution is 5.53. The number of para-hydroxylation sites is 1. The first kappa shape index (κ1) is 12.0. The van der Waals surface area contributed by atoms with E-state index in [-0.39, 0.29) is 0 Å². The Morgan fingerprint density at radius 1 is 1.17 bits per heavy atom. The molecular weight excluding hydrogens is 220 g/mol. The first-order valence-electron chi connectivity index (χ1n) is 7.39. The molecule has 1 N–H and O–H groups in total. The molecule has 1 aromatic carbocycles. The van der Waals surface area contributed by atoms with Gasteiger partial charge in [-0.1, -0.05) is 25.1 Å². The van der Waals surface area contributed by atoms with Gasteiger partial charge in [0.05, 0.1) is 0 Å². The number of nitrogens with zero attached hydrogens (tertiary/aromatic N) is 1. The molecule has 1 atom stereocenters. The van der Waals surface area contributed by atoms with Gasteiger partial charge in [0.1, 0.15) is 0 Å². The van der Waals surface area contributed by atoms with E-state index < -0.39 is 0 Å². The third-order valence-corrected chi connectivity index (χ3v) is 4.28. The maximum Gasteiger partial charge on any atom is 0.0372 e. The molecule has 2 heteroatoms. The van der Waals surface area contributed by atoms with Crippen LogP contribution in [0.25, 0.3) is 0 Å². The molecule has 18 heavy (non-hydrogen) atoms. The Morgan fingerprint density at radius 2 is 1.94 bits per heavy atom. The average molecular weight is 244 g/mol. The molecule has 0 saturated heterocycles. The van der Waals surface area contributed by atoms with E-state index in [1.807, 2.05) is 0 Å². The van der Waals surface area contributed by atoms with Crippen molar-refractivity contribution in [3.63, 3.8) is 0 Å². The quantitative estimate of drug-likeness (QED) is 0.856. The van der Waals surface area contributed by atoms with Crippen molar-refractivity contribution < 1.29 is 0 Å². The summed E-state index contributed by atoms with van der Waals surface area (Å²) in [6.07, 6.45) is 4.16. The normalized spacial score (nSPS) is 22.7. The molecule has 0 bridgehead atoms. The Bertz CT molecular complexity index is 398. The van der Waals surface area contributed by atoms with Crippen LogP contribution in [0.15, 0.2) is 24.3 Å². The highest BCUT2D eigenvalue weighted by Crippen LogP contribution is 2.30. The lowest BCUT2D eigenvalue weighted by Gasteiger charge is -2.31. The summed E-state index contributed by atoms with van der Waals surface area (Å²) >= 11 is 0. The number of anilines is 1. The van der Waals surface area contributed by atoms with E-state index in [1.165, 1.54) is 50.1 Å². The van der Waals surface area contributed by atoms with E-state index in [0.29, 0.717) is 0 Å². The van der Waals surface area contributed by atoms with Crippen LogP contribution in [0.4, 0.5) is 5.69 Å². The summed E-state index contributed by atoms with van der Waals surface area (Å²) in [7, 11) is 0. The third kappa shape index (κ3) is 2.86. The van der Waals surface area contributed by atoms with Crippen molar-refractivity contribution in [2.24, 2.45) is 11.8 Å². The van der Waals surface area contributed by atoms with Crippen LogP contribution in [0.1, 0.15) is 25.3 Å². The highest BCUT2D eigenvalue weighted by atomic mass is 15.1. The van der Waals surface area contributed by atoms with Gasteiger partial charge in [-0.3, -0.25) is 0 Å². The van der Waals surface area contributed by atoms with Crippen LogP contribution >= 0.6 is 0 Å². The minimum absolute atomic E-state index is 0.776. The van der Waals surface area contributed by atoms with Gasteiger partial charge in [-0.25, -0.2) is 0 Å². The van der Waals surface area contributed by atoms with E-state index >= 15 is 0 Å². The van der Waals surface area contributed by atoms with Crippen molar-refractivity contribution in [2.45, 2.75) is 26.2 Å². The Labute approximate surface area is 110 Å². The standard InChI is InChI=1S/C16H24N2/c1-2-18(11-13-7-8-13)12-14-9-15-5-3-4-6-16(15)17-10-14/h3-6,13-14,17H,2,7-12H2,1H3. The summed E-state index contributed by atoms with van der Waals surface area (Å²) in [6, 6.07) is 8.75. The van der Waals surface area contributed by atoms with Gasteiger partial charge in [-0.15, -0.1) is 0 Å².